The first-order valence-corrected chi connectivity index (χ1v) is 5.94. The number of nitrogens with one attached hydrogen (secondary N) is 2. The molecule has 0 aromatic carbocycles. The predicted octanol–water partition coefficient (Wildman–Crippen LogP) is 1.60. The summed E-state index contributed by atoms with van der Waals surface area (Å²) in [6.45, 7) is 5.13. The predicted molar refractivity (Wildman–Crippen MR) is 68.3 cm³/mol. The molecule has 0 unspecified atom stereocenters. The van der Waals surface area contributed by atoms with Gasteiger partial charge in [0.1, 0.15) is 0 Å². The van der Waals surface area contributed by atoms with Gasteiger partial charge in [-0.2, -0.15) is 0 Å². The zero-order valence-electron chi connectivity index (χ0n) is 10.7. The maximum Gasteiger partial charge on any atom is 0.319 e. The zero-order valence-corrected chi connectivity index (χ0v) is 10.7. The lowest BCUT2D eigenvalue weighted by Crippen LogP contribution is -2.37. The van der Waals surface area contributed by atoms with E-state index in [0.717, 1.165) is 0 Å². The number of nitrogens with zero attached hydrogens (tertiary/aromatic N) is 1. The molecule has 2 amide bonds. The number of hydrogen-bond acceptors (Lipinski definition) is 4. The first-order valence-electron chi connectivity index (χ1n) is 5.94. The van der Waals surface area contributed by atoms with Crippen molar-refractivity contribution in [1.82, 2.24) is 10.3 Å². The molecule has 0 spiro atoms. The summed E-state index contributed by atoms with van der Waals surface area (Å²) in [4.78, 5) is 15.5. The largest absolute Gasteiger partial charge is 0.351 e. The van der Waals surface area contributed by atoms with Gasteiger partial charge in [0.05, 0.1) is 18.4 Å². The van der Waals surface area contributed by atoms with Crippen LogP contribution in [0.25, 0.3) is 0 Å². The van der Waals surface area contributed by atoms with E-state index in [1.807, 2.05) is 13.8 Å². The van der Waals surface area contributed by atoms with E-state index in [9.17, 15) is 4.79 Å². The van der Waals surface area contributed by atoms with Gasteiger partial charge in [0.25, 0.3) is 0 Å². The van der Waals surface area contributed by atoms with Crippen molar-refractivity contribution in [3.8, 4) is 0 Å². The fourth-order valence-corrected chi connectivity index (χ4v) is 1.33. The summed E-state index contributed by atoms with van der Waals surface area (Å²) in [5, 5.41) is 5.33. The van der Waals surface area contributed by atoms with Gasteiger partial charge in [-0.05, 0) is 26.0 Å². The fraction of sp³-hybridized carbons (Fsp3) is 0.500. The van der Waals surface area contributed by atoms with Gasteiger partial charge in [0.2, 0.25) is 0 Å². The average Bonchev–Trinajstić information content (AvgIpc) is 2.38. The highest BCUT2D eigenvalue weighted by Gasteiger charge is 2.09. The van der Waals surface area contributed by atoms with Crippen LogP contribution in [0.5, 0.6) is 0 Å². The molecule has 18 heavy (non-hydrogen) atoms. The fourth-order valence-electron chi connectivity index (χ4n) is 1.33. The smallest absolute Gasteiger partial charge is 0.319 e. The van der Waals surface area contributed by atoms with Crippen LogP contribution >= 0.6 is 0 Å². The van der Waals surface area contributed by atoms with Crippen molar-refractivity contribution >= 4 is 11.7 Å². The third-order valence-electron chi connectivity index (χ3n) is 2.05. The molecule has 0 aliphatic rings. The molecular weight excluding hydrogens is 234 g/mol. The lowest BCUT2D eigenvalue weighted by Gasteiger charge is -2.17. The number of hydrogen-bond donors (Lipinski definition) is 2. The summed E-state index contributed by atoms with van der Waals surface area (Å²) in [5.74, 6) is 0. The number of carbonyl (C=O) groups excluding carboxylic acids is 1. The van der Waals surface area contributed by atoms with E-state index in [1.165, 1.54) is 0 Å². The van der Waals surface area contributed by atoms with Gasteiger partial charge in [0, 0.05) is 19.4 Å². The standard InChI is InChI=1S/C12H19N3O3/c1-3-17-11(18-4-2)9-14-12(16)15-10-6-5-7-13-8-10/h5-8,11H,3-4,9H2,1-2H3,(H2,14,15,16). The van der Waals surface area contributed by atoms with Gasteiger partial charge in [-0.1, -0.05) is 0 Å². The first kappa shape index (κ1) is 14.4. The van der Waals surface area contributed by atoms with Crippen molar-refractivity contribution in [1.29, 1.82) is 0 Å². The molecule has 1 rings (SSSR count). The molecule has 0 bridgehead atoms. The van der Waals surface area contributed by atoms with E-state index < -0.39 is 6.29 Å². The monoisotopic (exact) mass is 253 g/mol. The van der Waals surface area contributed by atoms with Crippen molar-refractivity contribution in [2.24, 2.45) is 0 Å². The normalized spacial score (nSPS) is 10.4. The lowest BCUT2D eigenvalue weighted by atomic mass is 10.4. The van der Waals surface area contributed by atoms with Crippen LogP contribution < -0.4 is 10.6 Å². The number of anilines is 1. The van der Waals surface area contributed by atoms with E-state index in [4.69, 9.17) is 9.47 Å². The van der Waals surface area contributed by atoms with Gasteiger partial charge >= 0.3 is 6.03 Å². The summed E-state index contributed by atoms with van der Waals surface area (Å²) >= 11 is 0. The Kier molecular flexibility index (Phi) is 6.75. The second-order valence-electron chi connectivity index (χ2n) is 3.42. The van der Waals surface area contributed by atoms with Crippen LogP contribution in [0.4, 0.5) is 10.5 Å². The van der Waals surface area contributed by atoms with Crippen LogP contribution in [0.15, 0.2) is 24.5 Å². The number of rotatable bonds is 7. The summed E-state index contributed by atoms with van der Waals surface area (Å²) in [5.41, 5.74) is 0.638. The molecular formula is C12H19N3O3. The van der Waals surface area contributed by atoms with Gasteiger partial charge < -0.3 is 20.1 Å². The van der Waals surface area contributed by atoms with Crippen LogP contribution in [-0.4, -0.2) is 37.1 Å². The van der Waals surface area contributed by atoms with Crippen molar-refractivity contribution in [3.63, 3.8) is 0 Å². The molecule has 0 radical (unpaired) electrons. The Bertz CT molecular complexity index is 340. The molecule has 0 saturated carbocycles. The van der Waals surface area contributed by atoms with Crippen molar-refractivity contribution in [3.05, 3.63) is 24.5 Å². The Morgan fingerprint density at radius 1 is 1.39 bits per heavy atom. The average molecular weight is 253 g/mol. The molecule has 2 N–H and O–H groups in total. The third kappa shape index (κ3) is 5.60. The summed E-state index contributed by atoms with van der Waals surface area (Å²) in [6.07, 6.45) is 2.80. The molecule has 1 aromatic rings. The second kappa shape index (κ2) is 8.43. The van der Waals surface area contributed by atoms with Gasteiger partial charge in [-0.3, -0.25) is 4.98 Å². The minimum atomic E-state index is -0.417. The number of amides is 2. The SMILES string of the molecule is CCOC(CNC(=O)Nc1cccnc1)OCC. The van der Waals surface area contributed by atoms with Crippen LogP contribution in [0.1, 0.15) is 13.8 Å². The van der Waals surface area contributed by atoms with E-state index in [-0.39, 0.29) is 6.03 Å². The van der Waals surface area contributed by atoms with E-state index >= 15 is 0 Å². The Labute approximate surface area is 107 Å². The molecule has 0 aliphatic heterocycles. The molecule has 6 heteroatoms. The zero-order chi connectivity index (χ0) is 13.2. The van der Waals surface area contributed by atoms with Gasteiger partial charge in [0.15, 0.2) is 6.29 Å². The third-order valence-corrected chi connectivity index (χ3v) is 2.05. The topological polar surface area (TPSA) is 72.5 Å². The molecule has 0 aliphatic carbocycles. The van der Waals surface area contributed by atoms with Crippen LogP contribution in [0, 0.1) is 0 Å². The Hall–Kier alpha value is -1.66. The maximum atomic E-state index is 11.6. The minimum absolute atomic E-state index is 0.299. The minimum Gasteiger partial charge on any atom is -0.351 e. The molecule has 0 saturated heterocycles. The van der Waals surface area contributed by atoms with Crippen LogP contribution in [0.2, 0.25) is 0 Å². The van der Waals surface area contributed by atoms with Crippen molar-refractivity contribution in [2.75, 3.05) is 25.1 Å². The molecule has 1 aromatic heterocycles. The molecule has 6 nitrogen and oxygen atoms in total. The number of urea groups is 1. The highest BCUT2D eigenvalue weighted by Crippen LogP contribution is 2.01. The number of ether oxygens (including phenoxy) is 2. The van der Waals surface area contributed by atoms with Crippen LogP contribution in [0.3, 0.4) is 0 Å². The first-order chi connectivity index (χ1) is 8.76. The van der Waals surface area contributed by atoms with Crippen molar-refractivity contribution < 1.29 is 14.3 Å². The van der Waals surface area contributed by atoms with Crippen LogP contribution in [-0.2, 0) is 9.47 Å². The summed E-state index contributed by atoms with van der Waals surface area (Å²) in [6, 6.07) is 3.20. The van der Waals surface area contributed by atoms with E-state index in [1.54, 1.807) is 24.5 Å². The highest BCUT2D eigenvalue weighted by atomic mass is 16.7. The maximum absolute atomic E-state index is 11.6. The lowest BCUT2D eigenvalue weighted by molar-refractivity contribution is -0.131. The van der Waals surface area contributed by atoms with E-state index in [2.05, 4.69) is 15.6 Å². The summed E-state index contributed by atoms with van der Waals surface area (Å²) in [7, 11) is 0. The molecule has 100 valence electrons. The highest BCUT2D eigenvalue weighted by molar-refractivity contribution is 5.88. The Morgan fingerprint density at radius 3 is 2.67 bits per heavy atom. The second-order valence-corrected chi connectivity index (χ2v) is 3.42. The van der Waals surface area contributed by atoms with E-state index in [0.29, 0.717) is 25.4 Å². The molecule has 0 fully saturated rings. The molecule has 0 atom stereocenters. The molecule has 1 heterocycles. The number of aromatic nitrogens is 1. The van der Waals surface area contributed by atoms with Crippen molar-refractivity contribution in [2.45, 2.75) is 20.1 Å². The van der Waals surface area contributed by atoms with Gasteiger partial charge in [-0.15, -0.1) is 0 Å². The Balaban J connectivity index is 2.31. The summed E-state index contributed by atoms with van der Waals surface area (Å²) < 4.78 is 10.6. The number of pyridine rings is 1. The van der Waals surface area contributed by atoms with Gasteiger partial charge in [-0.25, -0.2) is 4.79 Å². The quantitative estimate of drug-likeness (QED) is 0.724. The number of carbonyl (C=O) groups is 1. The Morgan fingerprint density at radius 2 is 2.11 bits per heavy atom.